The van der Waals surface area contributed by atoms with Gasteiger partial charge in [0.25, 0.3) is 0 Å². The smallest absolute Gasteiger partial charge is 0.182 e. The second-order valence-electron chi connectivity index (χ2n) is 5.83. The summed E-state index contributed by atoms with van der Waals surface area (Å²) >= 11 is 5.90. The lowest BCUT2D eigenvalue weighted by molar-refractivity contribution is 0.297. The summed E-state index contributed by atoms with van der Waals surface area (Å²) in [5.74, 6) is 0. The topological polar surface area (TPSA) is 46.2 Å². The van der Waals surface area contributed by atoms with Crippen molar-refractivity contribution in [3.63, 3.8) is 0 Å². The molecule has 1 aliphatic carbocycles. The van der Waals surface area contributed by atoms with E-state index < -0.39 is 9.84 Å². The van der Waals surface area contributed by atoms with E-state index in [-0.39, 0.29) is 16.7 Å². The van der Waals surface area contributed by atoms with Crippen molar-refractivity contribution in [2.75, 3.05) is 7.05 Å². The summed E-state index contributed by atoms with van der Waals surface area (Å²) in [6.45, 7) is 4.23. The molecule has 2 unspecified atom stereocenters. The Kier molecular flexibility index (Phi) is 3.96. The van der Waals surface area contributed by atoms with Crippen LogP contribution in [0.5, 0.6) is 0 Å². The van der Waals surface area contributed by atoms with Crippen LogP contribution in [0.2, 0.25) is 5.02 Å². The quantitative estimate of drug-likeness (QED) is 0.934. The van der Waals surface area contributed by atoms with Crippen LogP contribution >= 0.6 is 11.6 Å². The predicted molar refractivity (Wildman–Crippen MR) is 78.3 cm³/mol. The van der Waals surface area contributed by atoms with E-state index in [0.29, 0.717) is 16.3 Å². The zero-order valence-corrected chi connectivity index (χ0v) is 13.1. The Labute approximate surface area is 120 Å². The van der Waals surface area contributed by atoms with Crippen molar-refractivity contribution >= 4 is 21.4 Å². The van der Waals surface area contributed by atoms with Crippen LogP contribution in [-0.4, -0.2) is 26.8 Å². The molecule has 0 aliphatic heterocycles. The van der Waals surface area contributed by atoms with Gasteiger partial charge < -0.3 is 5.32 Å². The van der Waals surface area contributed by atoms with Crippen LogP contribution in [0.25, 0.3) is 0 Å². The van der Waals surface area contributed by atoms with Crippen LogP contribution in [0.4, 0.5) is 0 Å². The number of rotatable bonds is 3. The molecule has 2 rings (SSSR count). The molecule has 1 fully saturated rings. The van der Waals surface area contributed by atoms with E-state index in [1.54, 1.807) is 18.2 Å². The van der Waals surface area contributed by atoms with Crippen LogP contribution in [-0.2, 0) is 9.84 Å². The molecule has 0 amide bonds. The third kappa shape index (κ3) is 2.67. The van der Waals surface area contributed by atoms with Gasteiger partial charge in [0.05, 0.1) is 10.1 Å². The molecule has 1 saturated carbocycles. The molecule has 19 heavy (non-hydrogen) atoms. The Morgan fingerprint density at radius 3 is 2.63 bits per heavy atom. The molecule has 0 heterocycles. The number of hydrogen-bond donors (Lipinski definition) is 1. The lowest BCUT2D eigenvalue weighted by Crippen LogP contribution is -2.45. The van der Waals surface area contributed by atoms with Crippen molar-refractivity contribution in [3.8, 4) is 0 Å². The summed E-state index contributed by atoms with van der Waals surface area (Å²) in [6.07, 6.45) is 1.59. The van der Waals surface area contributed by atoms with Gasteiger partial charge in [-0.1, -0.05) is 31.5 Å². The van der Waals surface area contributed by atoms with Crippen LogP contribution < -0.4 is 5.32 Å². The van der Waals surface area contributed by atoms with Gasteiger partial charge in [-0.15, -0.1) is 0 Å². The lowest BCUT2D eigenvalue weighted by atomic mass is 9.87. The number of sulfone groups is 1. The van der Waals surface area contributed by atoms with Crippen molar-refractivity contribution in [1.82, 2.24) is 5.32 Å². The number of halogens is 1. The van der Waals surface area contributed by atoms with Crippen LogP contribution in [0.1, 0.15) is 26.7 Å². The Morgan fingerprint density at radius 1 is 1.37 bits per heavy atom. The summed E-state index contributed by atoms with van der Waals surface area (Å²) in [4.78, 5) is 0.322. The molecule has 5 heteroatoms. The summed E-state index contributed by atoms with van der Waals surface area (Å²) in [6, 6.07) is 6.50. The monoisotopic (exact) mass is 301 g/mol. The second kappa shape index (κ2) is 5.08. The third-order valence-corrected chi connectivity index (χ3v) is 6.57. The molecule has 0 spiro atoms. The van der Waals surface area contributed by atoms with Gasteiger partial charge in [-0.3, -0.25) is 0 Å². The van der Waals surface area contributed by atoms with Crippen LogP contribution in [0.15, 0.2) is 29.2 Å². The third-order valence-electron chi connectivity index (χ3n) is 4.12. The molecule has 106 valence electrons. The molecule has 0 radical (unpaired) electrons. The first kappa shape index (κ1) is 14.8. The largest absolute Gasteiger partial charge is 0.315 e. The van der Waals surface area contributed by atoms with Gasteiger partial charge >= 0.3 is 0 Å². The minimum atomic E-state index is -3.34. The van der Waals surface area contributed by atoms with Crippen LogP contribution in [0, 0.1) is 5.41 Å². The van der Waals surface area contributed by atoms with Crippen molar-refractivity contribution in [2.45, 2.75) is 42.9 Å². The highest BCUT2D eigenvalue weighted by Crippen LogP contribution is 2.42. The Morgan fingerprint density at radius 2 is 2.05 bits per heavy atom. The second-order valence-corrected chi connectivity index (χ2v) is 8.44. The van der Waals surface area contributed by atoms with Gasteiger partial charge in [-0.25, -0.2) is 8.42 Å². The minimum absolute atomic E-state index is 0.00887. The van der Waals surface area contributed by atoms with E-state index in [2.05, 4.69) is 19.2 Å². The van der Waals surface area contributed by atoms with Gasteiger partial charge in [-0.05, 0) is 43.5 Å². The van der Waals surface area contributed by atoms with Gasteiger partial charge in [0, 0.05) is 11.1 Å². The highest BCUT2D eigenvalue weighted by Gasteiger charge is 2.47. The van der Waals surface area contributed by atoms with Crippen molar-refractivity contribution in [1.29, 1.82) is 0 Å². The molecule has 1 aliphatic rings. The standard InChI is InChI=1S/C14H20ClNO2S/c1-14(2)8-7-12(13(14)16-3)19(17,18)11-6-4-5-10(15)9-11/h4-6,9,12-13,16H,7-8H2,1-3H3. The van der Waals surface area contributed by atoms with E-state index >= 15 is 0 Å². The first-order valence-electron chi connectivity index (χ1n) is 6.46. The van der Waals surface area contributed by atoms with E-state index in [9.17, 15) is 8.42 Å². The molecular weight excluding hydrogens is 282 g/mol. The van der Waals surface area contributed by atoms with E-state index in [0.717, 1.165) is 6.42 Å². The summed E-state index contributed by atoms with van der Waals surface area (Å²) in [7, 11) is -1.51. The Bertz CT molecular complexity index is 569. The average molecular weight is 302 g/mol. The maximum atomic E-state index is 12.7. The fourth-order valence-electron chi connectivity index (χ4n) is 3.07. The molecule has 1 aromatic rings. The first-order valence-corrected chi connectivity index (χ1v) is 8.38. The first-order chi connectivity index (χ1) is 8.79. The zero-order valence-electron chi connectivity index (χ0n) is 11.5. The fourth-order valence-corrected chi connectivity index (χ4v) is 5.52. The Hall–Kier alpha value is -0.580. The summed E-state index contributed by atoms with van der Waals surface area (Å²) in [5.41, 5.74) is -0.00887. The highest BCUT2D eigenvalue weighted by molar-refractivity contribution is 7.92. The molecule has 1 N–H and O–H groups in total. The Balaban J connectivity index is 2.41. The molecule has 3 nitrogen and oxygen atoms in total. The predicted octanol–water partition coefficient (Wildman–Crippen LogP) is 2.89. The normalized spacial score (nSPS) is 26.5. The molecule has 0 aromatic heterocycles. The molecule has 2 atom stereocenters. The van der Waals surface area contributed by atoms with Crippen molar-refractivity contribution < 1.29 is 8.42 Å². The molecule has 0 saturated heterocycles. The SMILES string of the molecule is CNC1C(S(=O)(=O)c2cccc(Cl)c2)CCC1(C)C. The molecule has 1 aromatic carbocycles. The summed E-state index contributed by atoms with van der Waals surface area (Å²) in [5, 5.41) is 3.26. The van der Waals surface area contributed by atoms with Crippen molar-refractivity contribution in [3.05, 3.63) is 29.3 Å². The van der Waals surface area contributed by atoms with E-state index in [1.165, 1.54) is 6.07 Å². The number of benzene rings is 1. The fraction of sp³-hybridized carbons (Fsp3) is 0.571. The van der Waals surface area contributed by atoms with Gasteiger partial charge in [0.1, 0.15) is 0 Å². The van der Waals surface area contributed by atoms with Gasteiger partial charge in [-0.2, -0.15) is 0 Å². The maximum Gasteiger partial charge on any atom is 0.182 e. The number of hydrogen-bond acceptors (Lipinski definition) is 3. The highest BCUT2D eigenvalue weighted by atomic mass is 35.5. The molecule has 0 bridgehead atoms. The van der Waals surface area contributed by atoms with Gasteiger partial charge in [0.15, 0.2) is 9.84 Å². The van der Waals surface area contributed by atoms with E-state index in [1.807, 2.05) is 7.05 Å². The van der Waals surface area contributed by atoms with Gasteiger partial charge in [0.2, 0.25) is 0 Å². The number of nitrogens with one attached hydrogen (secondary N) is 1. The van der Waals surface area contributed by atoms with Crippen LogP contribution in [0.3, 0.4) is 0 Å². The lowest BCUT2D eigenvalue weighted by Gasteiger charge is -2.30. The summed E-state index contributed by atoms with van der Waals surface area (Å²) < 4.78 is 25.5. The minimum Gasteiger partial charge on any atom is -0.315 e. The maximum absolute atomic E-state index is 12.7. The molecular formula is C14H20ClNO2S. The van der Waals surface area contributed by atoms with Crippen molar-refractivity contribution in [2.24, 2.45) is 5.41 Å². The average Bonchev–Trinajstić information content (AvgIpc) is 2.64. The van der Waals surface area contributed by atoms with E-state index in [4.69, 9.17) is 11.6 Å². The zero-order chi connectivity index (χ0) is 14.3.